The molecule has 1 aromatic carbocycles. The summed E-state index contributed by atoms with van der Waals surface area (Å²) in [6.45, 7) is 1.84. The zero-order valence-electron chi connectivity index (χ0n) is 8.60. The Morgan fingerprint density at radius 2 is 2.20 bits per heavy atom. The molecule has 2 rings (SSSR count). The van der Waals surface area contributed by atoms with Gasteiger partial charge in [0.1, 0.15) is 0 Å². The average Bonchev–Trinajstić information content (AvgIpc) is 2.38. The third-order valence-electron chi connectivity index (χ3n) is 2.87. The van der Waals surface area contributed by atoms with E-state index in [2.05, 4.69) is 0 Å². The zero-order chi connectivity index (χ0) is 11.1. The van der Waals surface area contributed by atoms with Crippen LogP contribution in [0, 0.1) is 0 Å². The zero-order valence-corrected chi connectivity index (χ0v) is 9.42. The van der Waals surface area contributed by atoms with Crippen LogP contribution in [0.5, 0.6) is 0 Å². The van der Waals surface area contributed by atoms with Gasteiger partial charge in [-0.25, -0.2) is 8.42 Å². The van der Waals surface area contributed by atoms with Crippen LogP contribution < -0.4 is 0 Å². The topological polar surface area (TPSA) is 54.4 Å². The molecular weight excluding hydrogens is 212 g/mol. The van der Waals surface area contributed by atoms with Crippen molar-refractivity contribution in [2.45, 2.75) is 29.9 Å². The van der Waals surface area contributed by atoms with Gasteiger partial charge in [0.25, 0.3) is 0 Å². The minimum absolute atomic E-state index is 0.0983. The molecule has 1 aliphatic rings. The Labute approximate surface area is 89.7 Å². The number of sulfone groups is 1. The number of benzene rings is 1. The van der Waals surface area contributed by atoms with E-state index in [0.29, 0.717) is 17.7 Å². The van der Waals surface area contributed by atoms with Crippen LogP contribution in [0.25, 0.3) is 0 Å². The summed E-state index contributed by atoms with van der Waals surface area (Å²) in [5.74, 6) is 0. The fraction of sp³-hybridized carbons (Fsp3) is 0.455. The lowest BCUT2D eigenvalue weighted by Gasteiger charge is -2.02. The quantitative estimate of drug-likeness (QED) is 0.816. The van der Waals surface area contributed by atoms with Crippen LogP contribution in [0.3, 0.4) is 0 Å². The lowest BCUT2D eigenvalue weighted by atomic mass is 10.1. The molecule has 15 heavy (non-hydrogen) atoms. The first-order valence-electron chi connectivity index (χ1n) is 5.02. The number of hydrogen-bond acceptors (Lipinski definition) is 3. The van der Waals surface area contributed by atoms with Crippen LogP contribution >= 0.6 is 0 Å². The van der Waals surface area contributed by atoms with Gasteiger partial charge in [-0.15, -0.1) is 0 Å². The smallest absolute Gasteiger partial charge is 0.181 e. The molecule has 0 aliphatic carbocycles. The molecule has 0 saturated heterocycles. The monoisotopic (exact) mass is 226 g/mol. The van der Waals surface area contributed by atoms with Gasteiger partial charge in [-0.2, -0.15) is 0 Å². The molecule has 0 bridgehead atoms. The Bertz CT molecular complexity index is 477. The molecule has 0 radical (unpaired) electrons. The number of aliphatic hydroxyl groups excluding tert-OH is 1. The molecule has 3 nitrogen and oxygen atoms in total. The van der Waals surface area contributed by atoms with Crippen LogP contribution in [0.4, 0.5) is 0 Å². The Kier molecular flexibility index (Phi) is 2.56. The highest BCUT2D eigenvalue weighted by atomic mass is 32.2. The summed E-state index contributed by atoms with van der Waals surface area (Å²) in [7, 11) is -3.08. The van der Waals surface area contributed by atoms with E-state index in [1.807, 2.05) is 6.07 Å². The Morgan fingerprint density at radius 3 is 2.87 bits per heavy atom. The summed E-state index contributed by atoms with van der Waals surface area (Å²) in [6.07, 6.45) is 1.18. The molecular formula is C11H14O3S. The summed E-state index contributed by atoms with van der Waals surface area (Å²) in [4.78, 5) is 0.469. The second-order valence-corrected chi connectivity index (χ2v) is 6.31. The van der Waals surface area contributed by atoms with E-state index < -0.39 is 9.84 Å². The third kappa shape index (κ3) is 1.68. The van der Waals surface area contributed by atoms with Crippen molar-refractivity contribution in [3.63, 3.8) is 0 Å². The Morgan fingerprint density at radius 1 is 1.47 bits per heavy atom. The average molecular weight is 226 g/mol. The molecule has 0 amide bonds. The summed E-state index contributed by atoms with van der Waals surface area (Å²) >= 11 is 0. The van der Waals surface area contributed by atoms with E-state index in [1.165, 1.54) is 0 Å². The van der Waals surface area contributed by atoms with Crippen molar-refractivity contribution in [3.8, 4) is 0 Å². The van der Waals surface area contributed by atoms with Gasteiger partial charge in [0.2, 0.25) is 0 Å². The molecule has 0 saturated carbocycles. The van der Waals surface area contributed by atoms with E-state index in [4.69, 9.17) is 5.11 Å². The molecule has 0 aromatic heterocycles. The predicted octanol–water partition coefficient (Wildman–Crippen LogP) is 0.940. The molecule has 0 spiro atoms. The van der Waals surface area contributed by atoms with Gasteiger partial charge in [0, 0.05) is 6.61 Å². The molecule has 1 N–H and O–H groups in total. The predicted molar refractivity (Wildman–Crippen MR) is 57.6 cm³/mol. The second-order valence-electron chi connectivity index (χ2n) is 3.98. The largest absolute Gasteiger partial charge is 0.396 e. The van der Waals surface area contributed by atoms with Gasteiger partial charge < -0.3 is 5.11 Å². The molecule has 1 heterocycles. The third-order valence-corrected chi connectivity index (χ3v) is 5.11. The number of aliphatic hydroxyl groups is 1. The van der Waals surface area contributed by atoms with Gasteiger partial charge in [-0.1, -0.05) is 12.1 Å². The summed E-state index contributed by atoms with van der Waals surface area (Å²) in [5, 5.41) is 8.50. The molecule has 1 aliphatic heterocycles. The standard InChI is InChI=1S/C11H14O3S/c1-8-6-10-7-9(4-5-12)2-3-11(10)15(8,13)14/h2-3,7-8,12H,4-6H2,1H3. The van der Waals surface area contributed by atoms with Gasteiger partial charge in [-0.05, 0) is 37.0 Å². The second kappa shape index (κ2) is 3.61. The molecule has 1 atom stereocenters. The molecule has 1 unspecified atom stereocenters. The summed E-state index contributed by atoms with van der Waals surface area (Å²) in [6, 6.07) is 5.34. The van der Waals surface area contributed by atoms with Crippen molar-refractivity contribution in [1.29, 1.82) is 0 Å². The van der Waals surface area contributed by atoms with E-state index in [1.54, 1.807) is 19.1 Å². The van der Waals surface area contributed by atoms with Crippen molar-refractivity contribution in [1.82, 2.24) is 0 Å². The maximum Gasteiger partial charge on any atom is 0.181 e. The first-order valence-corrected chi connectivity index (χ1v) is 6.57. The lowest BCUT2D eigenvalue weighted by molar-refractivity contribution is 0.299. The van der Waals surface area contributed by atoms with E-state index in [9.17, 15) is 8.42 Å². The Balaban J connectivity index is 2.47. The fourth-order valence-electron chi connectivity index (χ4n) is 1.99. The van der Waals surface area contributed by atoms with Gasteiger partial charge in [0.15, 0.2) is 9.84 Å². The van der Waals surface area contributed by atoms with Crippen molar-refractivity contribution >= 4 is 9.84 Å². The van der Waals surface area contributed by atoms with E-state index in [-0.39, 0.29) is 11.9 Å². The van der Waals surface area contributed by atoms with Crippen molar-refractivity contribution in [3.05, 3.63) is 29.3 Å². The summed E-state index contributed by atoms with van der Waals surface area (Å²) < 4.78 is 23.6. The highest BCUT2D eigenvalue weighted by Gasteiger charge is 2.33. The fourth-order valence-corrected chi connectivity index (χ4v) is 3.59. The van der Waals surface area contributed by atoms with Gasteiger partial charge >= 0.3 is 0 Å². The maximum atomic E-state index is 11.8. The highest BCUT2D eigenvalue weighted by molar-refractivity contribution is 7.92. The minimum atomic E-state index is -3.08. The van der Waals surface area contributed by atoms with Crippen LogP contribution in [-0.4, -0.2) is 25.4 Å². The maximum absolute atomic E-state index is 11.8. The van der Waals surface area contributed by atoms with E-state index >= 15 is 0 Å². The van der Waals surface area contributed by atoms with Crippen LogP contribution in [0.15, 0.2) is 23.1 Å². The van der Waals surface area contributed by atoms with Gasteiger partial charge in [-0.3, -0.25) is 0 Å². The van der Waals surface area contributed by atoms with Crippen molar-refractivity contribution < 1.29 is 13.5 Å². The molecule has 4 heteroatoms. The number of hydrogen-bond donors (Lipinski definition) is 1. The molecule has 82 valence electrons. The SMILES string of the molecule is CC1Cc2cc(CCO)ccc2S1(=O)=O. The minimum Gasteiger partial charge on any atom is -0.396 e. The Hall–Kier alpha value is -0.870. The van der Waals surface area contributed by atoms with Crippen LogP contribution in [-0.2, 0) is 22.7 Å². The number of fused-ring (bicyclic) bond motifs is 1. The van der Waals surface area contributed by atoms with Crippen LogP contribution in [0.2, 0.25) is 0 Å². The normalized spacial score (nSPS) is 22.7. The molecule has 1 aromatic rings. The molecule has 0 fully saturated rings. The van der Waals surface area contributed by atoms with Crippen LogP contribution in [0.1, 0.15) is 18.1 Å². The van der Waals surface area contributed by atoms with Gasteiger partial charge in [0.05, 0.1) is 10.1 Å². The lowest BCUT2D eigenvalue weighted by Crippen LogP contribution is -2.11. The van der Waals surface area contributed by atoms with Crippen molar-refractivity contribution in [2.24, 2.45) is 0 Å². The first-order chi connectivity index (χ1) is 7.05. The van der Waals surface area contributed by atoms with Crippen molar-refractivity contribution in [2.75, 3.05) is 6.61 Å². The summed E-state index contributed by atoms with van der Waals surface area (Å²) in [5.41, 5.74) is 1.90. The first kappa shape index (κ1) is 10.6. The van der Waals surface area contributed by atoms with E-state index in [0.717, 1.165) is 11.1 Å². The number of rotatable bonds is 2. The highest BCUT2D eigenvalue weighted by Crippen LogP contribution is 2.31.